The van der Waals surface area contributed by atoms with E-state index in [1.165, 1.54) is 19.3 Å². The van der Waals surface area contributed by atoms with Crippen LogP contribution in [-0.2, 0) is 4.79 Å². The zero-order valence-corrected chi connectivity index (χ0v) is 15.2. The second kappa shape index (κ2) is 7.46. The lowest BCUT2D eigenvalue weighted by atomic mass is 9.95. The van der Waals surface area contributed by atoms with Crippen LogP contribution >= 0.6 is 11.6 Å². The van der Waals surface area contributed by atoms with Gasteiger partial charge in [-0.05, 0) is 42.7 Å². The molecule has 2 aromatic carbocycles. The van der Waals surface area contributed by atoms with E-state index in [1.54, 1.807) is 16.8 Å². The maximum atomic E-state index is 13.2. The molecule has 6 heteroatoms. The van der Waals surface area contributed by atoms with Gasteiger partial charge >= 0.3 is 0 Å². The molecule has 0 aliphatic heterocycles. The molecule has 5 nitrogen and oxygen atoms in total. The van der Waals surface area contributed by atoms with Crippen molar-refractivity contribution in [1.82, 2.24) is 20.3 Å². The Morgan fingerprint density at radius 2 is 1.81 bits per heavy atom. The van der Waals surface area contributed by atoms with Gasteiger partial charge in [0, 0.05) is 11.1 Å². The van der Waals surface area contributed by atoms with Crippen molar-refractivity contribution in [3.63, 3.8) is 0 Å². The fraction of sp³-hybridized carbons (Fsp3) is 0.350. The molecule has 1 heterocycles. The molecular formula is C20H21ClN4O. The second-order valence-electron chi connectivity index (χ2n) is 6.82. The van der Waals surface area contributed by atoms with Crippen LogP contribution in [0.3, 0.4) is 0 Å². The molecule has 26 heavy (non-hydrogen) atoms. The number of para-hydroxylation sites is 1. The largest absolute Gasteiger partial charge is 0.351 e. The van der Waals surface area contributed by atoms with Crippen molar-refractivity contribution in [3.8, 4) is 0 Å². The van der Waals surface area contributed by atoms with Gasteiger partial charge < -0.3 is 5.32 Å². The van der Waals surface area contributed by atoms with E-state index < -0.39 is 6.04 Å². The number of nitrogens with zero attached hydrogens (tertiary/aromatic N) is 3. The number of rotatable bonds is 4. The quantitative estimate of drug-likeness (QED) is 0.753. The van der Waals surface area contributed by atoms with Crippen molar-refractivity contribution >= 4 is 28.5 Å². The summed E-state index contributed by atoms with van der Waals surface area (Å²) < 4.78 is 1.71. The van der Waals surface area contributed by atoms with E-state index in [2.05, 4.69) is 15.6 Å². The standard InChI is InChI=1S/C20H21ClN4O/c21-15-12-10-14(11-13-15)19(20(26)22-16-6-2-1-3-7-16)25-18-9-5-4-8-17(18)23-24-25/h4-5,8-13,16,19H,1-3,6-7H2,(H,22,26). The average Bonchev–Trinajstić information content (AvgIpc) is 3.08. The number of amides is 1. The van der Waals surface area contributed by atoms with Crippen molar-refractivity contribution in [1.29, 1.82) is 0 Å². The Morgan fingerprint density at radius 1 is 1.08 bits per heavy atom. The lowest BCUT2D eigenvalue weighted by molar-refractivity contribution is -0.124. The summed E-state index contributed by atoms with van der Waals surface area (Å²) >= 11 is 6.04. The van der Waals surface area contributed by atoms with E-state index in [9.17, 15) is 4.79 Å². The first-order valence-corrected chi connectivity index (χ1v) is 9.46. The van der Waals surface area contributed by atoms with E-state index in [-0.39, 0.29) is 11.9 Å². The Labute approximate surface area is 157 Å². The predicted octanol–water partition coefficient (Wildman–Crippen LogP) is 4.12. The van der Waals surface area contributed by atoms with E-state index in [0.717, 1.165) is 29.4 Å². The SMILES string of the molecule is O=C(NC1CCCCC1)C(c1ccc(Cl)cc1)n1nnc2ccccc21. The molecule has 0 radical (unpaired) electrons. The van der Waals surface area contributed by atoms with Crippen molar-refractivity contribution in [2.24, 2.45) is 0 Å². The number of halogens is 1. The topological polar surface area (TPSA) is 59.8 Å². The van der Waals surface area contributed by atoms with Gasteiger partial charge in [-0.3, -0.25) is 4.79 Å². The van der Waals surface area contributed by atoms with Crippen LogP contribution in [0.25, 0.3) is 11.0 Å². The molecule has 3 aromatic rings. The molecule has 0 spiro atoms. The third-order valence-electron chi connectivity index (χ3n) is 5.01. The molecule has 1 fully saturated rings. The highest BCUT2D eigenvalue weighted by Crippen LogP contribution is 2.25. The van der Waals surface area contributed by atoms with E-state index in [1.807, 2.05) is 36.4 Å². The van der Waals surface area contributed by atoms with E-state index in [4.69, 9.17) is 11.6 Å². The Bertz CT molecular complexity index is 900. The number of carbonyl (C=O) groups excluding carboxylic acids is 1. The molecule has 1 amide bonds. The first-order valence-electron chi connectivity index (χ1n) is 9.08. The maximum absolute atomic E-state index is 13.2. The first kappa shape index (κ1) is 17.0. The molecule has 1 N–H and O–H groups in total. The van der Waals surface area contributed by atoms with Crippen molar-refractivity contribution < 1.29 is 4.79 Å². The summed E-state index contributed by atoms with van der Waals surface area (Å²) in [6.45, 7) is 0. The van der Waals surface area contributed by atoms with Gasteiger partial charge in [-0.15, -0.1) is 5.10 Å². The fourth-order valence-electron chi connectivity index (χ4n) is 3.65. The van der Waals surface area contributed by atoms with Crippen LogP contribution in [-0.4, -0.2) is 26.9 Å². The van der Waals surface area contributed by atoms with Crippen LogP contribution in [0.15, 0.2) is 48.5 Å². The van der Waals surface area contributed by atoms with E-state index >= 15 is 0 Å². The Hall–Kier alpha value is -2.40. The van der Waals surface area contributed by atoms with Gasteiger partial charge in [0.2, 0.25) is 5.91 Å². The molecule has 1 aliphatic carbocycles. The smallest absolute Gasteiger partial charge is 0.249 e. The molecule has 1 atom stereocenters. The molecule has 4 rings (SSSR count). The highest BCUT2D eigenvalue weighted by atomic mass is 35.5. The minimum Gasteiger partial charge on any atom is -0.351 e. The molecule has 1 aliphatic rings. The Morgan fingerprint density at radius 3 is 2.58 bits per heavy atom. The van der Waals surface area contributed by atoms with Crippen molar-refractivity contribution in [2.45, 2.75) is 44.2 Å². The summed E-state index contributed by atoms with van der Waals surface area (Å²) in [5.74, 6) is -0.0464. The second-order valence-corrected chi connectivity index (χ2v) is 7.26. The predicted molar refractivity (Wildman–Crippen MR) is 102 cm³/mol. The first-order chi connectivity index (χ1) is 12.7. The van der Waals surface area contributed by atoms with Gasteiger partial charge in [-0.1, -0.05) is 60.3 Å². The monoisotopic (exact) mass is 368 g/mol. The lowest BCUT2D eigenvalue weighted by Crippen LogP contribution is -2.41. The van der Waals surface area contributed by atoms with Gasteiger partial charge in [0.15, 0.2) is 6.04 Å². The van der Waals surface area contributed by atoms with Crippen LogP contribution in [0.2, 0.25) is 5.02 Å². The minimum atomic E-state index is -0.568. The molecule has 1 saturated carbocycles. The van der Waals surface area contributed by atoms with Crippen LogP contribution in [0.4, 0.5) is 0 Å². The molecule has 134 valence electrons. The van der Waals surface area contributed by atoms with Gasteiger partial charge in [-0.2, -0.15) is 0 Å². The number of hydrogen-bond donors (Lipinski definition) is 1. The van der Waals surface area contributed by atoms with Crippen LogP contribution in [0, 0.1) is 0 Å². The third-order valence-corrected chi connectivity index (χ3v) is 5.26. The fourth-order valence-corrected chi connectivity index (χ4v) is 3.78. The average molecular weight is 369 g/mol. The van der Waals surface area contributed by atoms with Gasteiger partial charge in [0.1, 0.15) is 5.52 Å². The van der Waals surface area contributed by atoms with Crippen LogP contribution in [0.5, 0.6) is 0 Å². The number of nitrogens with one attached hydrogen (secondary N) is 1. The number of fused-ring (bicyclic) bond motifs is 1. The Balaban J connectivity index is 1.71. The molecule has 1 unspecified atom stereocenters. The normalized spacial score (nSPS) is 16.5. The minimum absolute atomic E-state index is 0.0464. The lowest BCUT2D eigenvalue weighted by Gasteiger charge is -2.26. The highest BCUT2D eigenvalue weighted by Gasteiger charge is 2.28. The highest BCUT2D eigenvalue weighted by molar-refractivity contribution is 6.30. The zero-order valence-electron chi connectivity index (χ0n) is 14.4. The number of benzene rings is 2. The summed E-state index contributed by atoms with van der Waals surface area (Å²) in [7, 11) is 0. The maximum Gasteiger partial charge on any atom is 0.249 e. The third kappa shape index (κ3) is 3.44. The van der Waals surface area contributed by atoms with Gasteiger partial charge in [0.25, 0.3) is 0 Å². The summed E-state index contributed by atoms with van der Waals surface area (Å²) in [4.78, 5) is 13.2. The van der Waals surface area contributed by atoms with Crippen molar-refractivity contribution in [2.75, 3.05) is 0 Å². The summed E-state index contributed by atoms with van der Waals surface area (Å²) in [5.41, 5.74) is 2.46. The summed E-state index contributed by atoms with van der Waals surface area (Å²) in [6, 6.07) is 14.7. The summed E-state index contributed by atoms with van der Waals surface area (Å²) in [5, 5.41) is 12.4. The van der Waals surface area contributed by atoms with Crippen molar-refractivity contribution in [3.05, 3.63) is 59.1 Å². The number of carbonyl (C=O) groups is 1. The number of aromatic nitrogens is 3. The van der Waals surface area contributed by atoms with Crippen LogP contribution < -0.4 is 5.32 Å². The van der Waals surface area contributed by atoms with E-state index in [0.29, 0.717) is 5.02 Å². The number of hydrogen-bond acceptors (Lipinski definition) is 3. The van der Waals surface area contributed by atoms with Gasteiger partial charge in [-0.25, -0.2) is 4.68 Å². The molecule has 1 aromatic heterocycles. The van der Waals surface area contributed by atoms with Gasteiger partial charge in [0.05, 0.1) is 5.52 Å². The Kier molecular flexibility index (Phi) is 4.89. The zero-order chi connectivity index (χ0) is 17.9. The molecule has 0 bridgehead atoms. The molecular weight excluding hydrogens is 348 g/mol. The van der Waals surface area contributed by atoms with Crippen LogP contribution in [0.1, 0.15) is 43.7 Å². The molecule has 0 saturated heterocycles. The summed E-state index contributed by atoms with van der Waals surface area (Å²) in [6.07, 6.45) is 5.67.